The van der Waals surface area contributed by atoms with Crippen LogP contribution in [0.4, 0.5) is 0 Å². The zero-order valence-corrected chi connectivity index (χ0v) is 9.93. The molecular formula is C11H18N2OS. The van der Waals surface area contributed by atoms with Crippen LogP contribution in [0.1, 0.15) is 28.6 Å². The standard InChI is InChI=1S/C11H18N2OS/c1-9-4-5-11(15-9)10(8-12)13-6-2-3-7-14-13/h4-5,10H,2-3,6-8,12H2,1H3. The smallest absolute Gasteiger partial charge is 0.0816 e. The number of hydrogen-bond donors (Lipinski definition) is 1. The molecule has 1 saturated heterocycles. The molecule has 1 aromatic rings. The molecule has 2 rings (SSSR count). The lowest BCUT2D eigenvalue weighted by Gasteiger charge is -2.32. The highest BCUT2D eigenvalue weighted by atomic mass is 32.1. The second-order valence-corrected chi connectivity index (χ2v) is 5.20. The molecule has 2 N–H and O–H groups in total. The molecule has 4 heteroatoms. The third-order valence-corrected chi connectivity index (χ3v) is 3.79. The Kier molecular flexibility index (Phi) is 3.75. The Balaban J connectivity index is 2.08. The molecule has 1 unspecified atom stereocenters. The topological polar surface area (TPSA) is 38.5 Å². The van der Waals surface area contributed by atoms with Crippen LogP contribution in [-0.4, -0.2) is 24.8 Å². The second kappa shape index (κ2) is 5.07. The fourth-order valence-electron chi connectivity index (χ4n) is 1.87. The largest absolute Gasteiger partial charge is 0.328 e. The molecule has 3 nitrogen and oxygen atoms in total. The van der Waals surface area contributed by atoms with E-state index in [9.17, 15) is 0 Å². The minimum absolute atomic E-state index is 0.240. The summed E-state index contributed by atoms with van der Waals surface area (Å²) in [5.41, 5.74) is 5.83. The zero-order valence-electron chi connectivity index (χ0n) is 9.11. The Morgan fingerprint density at radius 1 is 1.53 bits per heavy atom. The first-order valence-electron chi connectivity index (χ1n) is 5.47. The maximum atomic E-state index is 5.83. The number of nitrogens with two attached hydrogens (primary N) is 1. The van der Waals surface area contributed by atoms with Gasteiger partial charge in [-0.25, -0.2) is 0 Å². The first kappa shape index (κ1) is 11.1. The fraction of sp³-hybridized carbons (Fsp3) is 0.636. The van der Waals surface area contributed by atoms with Gasteiger partial charge in [-0.1, -0.05) is 0 Å². The number of hydroxylamine groups is 2. The van der Waals surface area contributed by atoms with Gasteiger partial charge in [0.05, 0.1) is 12.6 Å². The SMILES string of the molecule is Cc1ccc(C(CN)N2CCCCO2)s1. The van der Waals surface area contributed by atoms with E-state index in [1.54, 1.807) is 0 Å². The van der Waals surface area contributed by atoms with Crippen molar-refractivity contribution in [3.8, 4) is 0 Å². The summed E-state index contributed by atoms with van der Waals surface area (Å²) in [6.45, 7) is 4.58. The van der Waals surface area contributed by atoms with Crippen molar-refractivity contribution in [2.24, 2.45) is 5.73 Å². The number of rotatable bonds is 3. The Bertz CT molecular complexity index is 307. The van der Waals surface area contributed by atoms with Crippen LogP contribution in [0.15, 0.2) is 12.1 Å². The van der Waals surface area contributed by atoms with Gasteiger partial charge in [-0.3, -0.25) is 4.84 Å². The van der Waals surface area contributed by atoms with E-state index in [4.69, 9.17) is 10.6 Å². The molecule has 1 aromatic heterocycles. The third-order valence-electron chi connectivity index (χ3n) is 2.69. The Morgan fingerprint density at radius 2 is 2.40 bits per heavy atom. The maximum absolute atomic E-state index is 5.83. The van der Waals surface area contributed by atoms with Crippen LogP contribution in [0.3, 0.4) is 0 Å². The summed E-state index contributed by atoms with van der Waals surface area (Å²) >= 11 is 1.81. The minimum Gasteiger partial charge on any atom is -0.328 e. The highest BCUT2D eigenvalue weighted by Gasteiger charge is 2.23. The zero-order chi connectivity index (χ0) is 10.7. The van der Waals surface area contributed by atoms with Gasteiger partial charge in [-0.05, 0) is 31.9 Å². The monoisotopic (exact) mass is 226 g/mol. The second-order valence-electron chi connectivity index (χ2n) is 3.88. The van der Waals surface area contributed by atoms with E-state index < -0.39 is 0 Å². The summed E-state index contributed by atoms with van der Waals surface area (Å²) in [5.74, 6) is 0. The van der Waals surface area contributed by atoms with E-state index >= 15 is 0 Å². The summed E-state index contributed by atoms with van der Waals surface area (Å²) in [5, 5.41) is 2.05. The molecule has 15 heavy (non-hydrogen) atoms. The van der Waals surface area contributed by atoms with Crippen molar-refractivity contribution in [2.45, 2.75) is 25.8 Å². The van der Waals surface area contributed by atoms with Crippen LogP contribution in [-0.2, 0) is 4.84 Å². The molecule has 1 fully saturated rings. The molecule has 0 aromatic carbocycles. The van der Waals surface area contributed by atoms with Crippen molar-refractivity contribution in [3.63, 3.8) is 0 Å². The molecule has 1 aliphatic rings. The van der Waals surface area contributed by atoms with Crippen molar-refractivity contribution in [1.29, 1.82) is 0 Å². The molecular weight excluding hydrogens is 208 g/mol. The summed E-state index contributed by atoms with van der Waals surface area (Å²) in [6, 6.07) is 4.55. The first-order chi connectivity index (χ1) is 7.31. The molecule has 2 heterocycles. The van der Waals surface area contributed by atoms with Crippen molar-refractivity contribution >= 4 is 11.3 Å². The van der Waals surface area contributed by atoms with Crippen molar-refractivity contribution in [2.75, 3.05) is 19.7 Å². The number of nitrogens with zero attached hydrogens (tertiary/aromatic N) is 1. The number of aryl methyl sites for hydroxylation is 1. The van der Waals surface area contributed by atoms with E-state index in [1.165, 1.54) is 16.2 Å². The van der Waals surface area contributed by atoms with Gasteiger partial charge in [0.25, 0.3) is 0 Å². The van der Waals surface area contributed by atoms with Gasteiger partial charge in [0, 0.05) is 22.8 Å². The molecule has 0 bridgehead atoms. The molecule has 0 radical (unpaired) electrons. The van der Waals surface area contributed by atoms with Gasteiger partial charge >= 0.3 is 0 Å². The average Bonchev–Trinajstić information content (AvgIpc) is 2.68. The Labute approximate surface area is 94.8 Å². The highest BCUT2D eigenvalue weighted by Crippen LogP contribution is 2.28. The van der Waals surface area contributed by atoms with E-state index in [0.717, 1.165) is 19.6 Å². The number of hydrogen-bond acceptors (Lipinski definition) is 4. The van der Waals surface area contributed by atoms with Crippen LogP contribution in [0.2, 0.25) is 0 Å². The molecule has 1 aliphatic heterocycles. The van der Waals surface area contributed by atoms with Gasteiger partial charge in [-0.15, -0.1) is 11.3 Å². The molecule has 0 amide bonds. The van der Waals surface area contributed by atoms with Crippen LogP contribution in [0, 0.1) is 6.92 Å². The maximum Gasteiger partial charge on any atom is 0.0816 e. The van der Waals surface area contributed by atoms with E-state index in [2.05, 4.69) is 24.1 Å². The minimum atomic E-state index is 0.240. The van der Waals surface area contributed by atoms with Crippen LogP contribution in [0.5, 0.6) is 0 Å². The lowest BCUT2D eigenvalue weighted by molar-refractivity contribution is -0.205. The molecule has 0 aliphatic carbocycles. The predicted molar refractivity (Wildman–Crippen MR) is 62.7 cm³/mol. The lowest BCUT2D eigenvalue weighted by Crippen LogP contribution is -2.37. The number of thiophene rings is 1. The van der Waals surface area contributed by atoms with Gasteiger partial charge in [0.1, 0.15) is 0 Å². The van der Waals surface area contributed by atoms with Crippen molar-refractivity contribution < 1.29 is 4.84 Å². The summed E-state index contributed by atoms with van der Waals surface area (Å²) in [7, 11) is 0. The summed E-state index contributed by atoms with van der Waals surface area (Å²) in [4.78, 5) is 8.30. The summed E-state index contributed by atoms with van der Waals surface area (Å²) in [6.07, 6.45) is 2.37. The van der Waals surface area contributed by atoms with Crippen molar-refractivity contribution in [3.05, 3.63) is 21.9 Å². The van der Waals surface area contributed by atoms with Crippen molar-refractivity contribution in [1.82, 2.24) is 5.06 Å². The van der Waals surface area contributed by atoms with E-state index in [0.29, 0.717) is 6.54 Å². The van der Waals surface area contributed by atoms with Gasteiger partial charge in [0.15, 0.2) is 0 Å². The molecule has 0 saturated carbocycles. The van der Waals surface area contributed by atoms with E-state index in [-0.39, 0.29) is 6.04 Å². The normalized spacial score (nSPS) is 20.4. The average molecular weight is 226 g/mol. The van der Waals surface area contributed by atoms with Crippen LogP contribution in [0.25, 0.3) is 0 Å². The van der Waals surface area contributed by atoms with Crippen LogP contribution >= 0.6 is 11.3 Å². The Hall–Kier alpha value is -0.420. The summed E-state index contributed by atoms with van der Waals surface area (Å²) < 4.78 is 0. The quantitative estimate of drug-likeness (QED) is 0.857. The molecule has 1 atom stereocenters. The highest BCUT2D eigenvalue weighted by molar-refractivity contribution is 7.12. The third kappa shape index (κ3) is 2.58. The first-order valence-corrected chi connectivity index (χ1v) is 6.29. The molecule has 0 spiro atoms. The van der Waals surface area contributed by atoms with E-state index in [1.807, 2.05) is 11.3 Å². The fourth-order valence-corrected chi connectivity index (χ4v) is 2.86. The Morgan fingerprint density at radius 3 is 2.93 bits per heavy atom. The van der Waals surface area contributed by atoms with Gasteiger partial charge in [-0.2, -0.15) is 5.06 Å². The van der Waals surface area contributed by atoms with Gasteiger partial charge < -0.3 is 5.73 Å². The van der Waals surface area contributed by atoms with Gasteiger partial charge in [0.2, 0.25) is 0 Å². The van der Waals surface area contributed by atoms with Crippen LogP contribution < -0.4 is 5.73 Å². The predicted octanol–water partition coefficient (Wildman–Crippen LogP) is 2.08. The molecule has 84 valence electrons. The lowest BCUT2D eigenvalue weighted by atomic mass is 10.2.